The third-order valence-corrected chi connectivity index (χ3v) is 2.69. The minimum atomic E-state index is -0.435. The molecule has 0 aliphatic heterocycles. The fourth-order valence-electron chi connectivity index (χ4n) is 1.72. The van der Waals surface area contributed by atoms with E-state index >= 15 is 0 Å². The molecule has 1 amide bonds. The highest BCUT2D eigenvalue weighted by atomic mass is 19.1. The normalized spacial score (nSPS) is 12.8. The van der Waals surface area contributed by atoms with Crippen molar-refractivity contribution in [2.45, 2.75) is 33.4 Å². The van der Waals surface area contributed by atoms with Crippen LogP contribution >= 0.6 is 0 Å². The van der Waals surface area contributed by atoms with E-state index in [1.807, 2.05) is 20.8 Å². The van der Waals surface area contributed by atoms with E-state index in [9.17, 15) is 9.18 Å². The van der Waals surface area contributed by atoms with E-state index in [0.29, 0.717) is 12.1 Å². The predicted molar refractivity (Wildman–Crippen MR) is 65.8 cm³/mol. The van der Waals surface area contributed by atoms with E-state index in [4.69, 9.17) is 5.73 Å². The van der Waals surface area contributed by atoms with E-state index in [1.165, 1.54) is 6.07 Å². The van der Waals surface area contributed by atoms with Gasteiger partial charge in [0.2, 0.25) is 5.91 Å². The van der Waals surface area contributed by atoms with Gasteiger partial charge in [0.1, 0.15) is 5.82 Å². The van der Waals surface area contributed by atoms with Gasteiger partial charge in [-0.1, -0.05) is 31.5 Å². The van der Waals surface area contributed by atoms with Crippen molar-refractivity contribution < 1.29 is 9.18 Å². The van der Waals surface area contributed by atoms with E-state index in [1.54, 1.807) is 12.1 Å². The number of carbonyl (C=O) groups excluding carboxylic acids is 1. The number of hydrogen-bond acceptors (Lipinski definition) is 2. The van der Waals surface area contributed by atoms with Gasteiger partial charge in [-0.05, 0) is 18.9 Å². The molecule has 0 aliphatic carbocycles. The van der Waals surface area contributed by atoms with Crippen molar-refractivity contribution in [1.82, 2.24) is 5.32 Å². The molecule has 0 radical (unpaired) electrons. The zero-order valence-corrected chi connectivity index (χ0v) is 10.5. The first-order valence-electron chi connectivity index (χ1n) is 5.69. The van der Waals surface area contributed by atoms with Gasteiger partial charge in [0.25, 0.3) is 0 Å². The smallest absolute Gasteiger partial charge is 0.234 e. The van der Waals surface area contributed by atoms with Crippen LogP contribution in [0.1, 0.15) is 25.0 Å². The average Bonchev–Trinajstić information content (AvgIpc) is 2.22. The van der Waals surface area contributed by atoms with E-state index < -0.39 is 11.9 Å². The maximum atomic E-state index is 13.5. The Hall–Kier alpha value is -1.42. The van der Waals surface area contributed by atoms with E-state index in [-0.39, 0.29) is 11.7 Å². The number of aryl methyl sites for hydroxylation is 1. The molecule has 1 aromatic carbocycles. The second-order valence-electron chi connectivity index (χ2n) is 4.60. The Morgan fingerprint density at radius 2 is 2.12 bits per heavy atom. The molecule has 1 atom stereocenters. The molecule has 1 aromatic rings. The largest absolute Gasteiger partial charge is 0.368 e. The van der Waals surface area contributed by atoms with Crippen LogP contribution in [0, 0.1) is 18.7 Å². The average molecular weight is 238 g/mol. The second-order valence-corrected chi connectivity index (χ2v) is 4.60. The summed E-state index contributed by atoms with van der Waals surface area (Å²) >= 11 is 0. The van der Waals surface area contributed by atoms with Crippen molar-refractivity contribution in [2.75, 3.05) is 0 Å². The maximum Gasteiger partial charge on any atom is 0.234 e. The number of halogens is 1. The molecule has 0 aliphatic rings. The first kappa shape index (κ1) is 13.6. The highest BCUT2D eigenvalue weighted by molar-refractivity contribution is 5.80. The van der Waals surface area contributed by atoms with Gasteiger partial charge < -0.3 is 11.1 Å². The fourth-order valence-corrected chi connectivity index (χ4v) is 1.72. The summed E-state index contributed by atoms with van der Waals surface area (Å²) in [6, 6.07) is 4.48. The van der Waals surface area contributed by atoms with Crippen molar-refractivity contribution in [1.29, 1.82) is 0 Å². The van der Waals surface area contributed by atoms with Crippen LogP contribution in [0.4, 0.5) is 4.39 Å². The Morgan fingerprint density at radius 3 is 2.65 bits per heavy atom. The molecule has 0 fully saturated rings. The second kappa shape index (κ2) is 5.77. The van der Waals surface area contributed by atoms with Gasteiger partial charge in [-0.25, -0.2) is 4.39 Å². The number of primary amides is 1. The molecule has 0 saturated heterocycles. The Labute approximate surface area is 101 Å². The van der Waals surface area contributed by atoms with Crippen molar-refractivity contribution >= 4 is 5.91 Å². The SMILES string of the molecule is Cc1ccc(F)c(CNC(C(N)=O)C(C)C)c1. The molecule has 94 valence electrons. The summed E-state index contributed by atoms with van der Waals surface area (Å²) in [5.41, 5.74) is 6.82. The summed E-state index contributed by atoms with van der Waals surface area (Å²) in [6.07, 6.45) is 0. The molecule has 4 heteroatoms. The van der Waals surface area contributed by atoms with Crippen LogP contribution in [-0.2, 0) is 11.3 Å². The third-order valence-electron chi connectivity index (χ3n) is 2.69. The van der Waals surface area contributed by atoms with Crippen molar-refractivity contribution in [3.8, 4) is 0 Å². The molecule has 1 unspecified atom stereocenters. The van der Waals surface area contributed by atoms with E-state index in [2.05, 4.69) is 5.32 Å². The van der Waals surface area contributed by atoms with Gasteiger partial charge in [0, 0.05) is 12.1 Å². The molecule has 1 rings (SSSR count). The molecular formula is C13H19FN2O. The van der Waals surface area contributed by atoms with Crippen molar-refractivity contribution in [2.24, 2.45) is 11.7 Å². The number of amides is 1. The summed E-state index contributed by atoms with van der Waals surface area (Å²) in [5, 5.41) is 2.99. The molecule has 0 saturated carbocycles. The zero-order chi connectivity index (χ0) is 13.0. The van der Waals surface area contributed by atoms with Gasteiger partial charge in [-0.15, -0.1) is 0 Å². The highest BCUT2D eigenvalue weighted by Crippen LogP contribution is 2.11. The molecule has 0 heterocycles. The molecule has 17 heavy (non-hydrogen) atoms. The van der Waals surface area contributed by atoms with Gasteiger partial charge in [-0.3, -0.25) is 4.79 Å². The lowest BCUT2D eigenvalue weighted by atomic mass is 10.0. The lowest BCUT2D eigenvalue weighted by Gasteiger charge is -2.19. The van der Waals surface area contributed by atoms with Gasteiger partial charge >= 0.3 is 0 Å². The summed E-state index contributed by atoms with van der Waals surface area (Å²) in [5.74, 6) is -0.594. The molecule has 0 aromatic heterocycles. The Morgan fingerprint density at radius 1 is 1.47 bits per heavy atom. The van der Waals surface area contributed by atoms with Crippen LogP contribution in [0.3, 0.4) is 0 Å². The Bertz CT molecular complexity index is 404. The summed E-state index contributed by atoms with van der Waals surface area (Å²) in [4.78, 5) is 11.2. The summed E-state index contributed by atoms with van der Waals surface area (Å²) in [7, 11) is 0. The maximum absolute atomic E-state index is 13.5. The number of nitrogens with two attached hydrogens (primary N) is 1. The van der Waals surface area contributed by atoms with Crippen LogP contribution in [0.2, 0.25) is 0 Å². The third kappa shape index (κ3) is 3.82. The van der Waals surface area contributed by atoms with Crippen LogP contribution in [0.5, 0.6) is 0 Å². The number of carbonyl (C=O) groups is 1. The highest BCUT2D eigenvalue weighted by Gasteiger charge is 2.18. The standard InChI is InChI=1S/C13H19FN2O/c1-8(2)12(13(15)17)16-7-10-6-9(3)4-5-11(10)14/h4-6,8,12,16H,7H2,1-3H3,(H2,15,17). The minimum Gasteiger partial charge on any atom is -0.368 e. The van der Waals surface area contributed by atoms with Crippen LogP contribution < -0.4 is 11.1 Å². The lowest BCUT2D eigenvalue weighted by Crippen LogP contribution is -2.44. The predicted octanol–water partition coefficient (Wildman–Crippen LogP) is 1.73. The Kier molecular flexibility index (Phi) is 4.63. The molecule has 0 bridgehead atoms. The lowest BCUT2D eigenvalue weighted by molar-refractivity contribution is -0.121. The monoisotopic (exact) mass is 238 g/mol. The summed E-state index contributed by atoms with van der Waals surface area (Å²) < 4.78 is 13.5. The topological polar surface area (TPSA) is 55.1 Å². The van der Waals surface area contributed by atoms with Crippen LogP contribution in [0.25, 0.3) is 0 Å². The minimum absolute atomic E-state index is 0.0837. The zero-order valence-electron chi connectivity index (χ0n) is 10.5. The molecule has 3 nitrogen and oxygen atoms in total. The van der Waals surface area contributed by atoms with Crippen molar-refractivity contribution in [3.63, 3.8) is 0 Å². The molecular weight excluding hydrogens is 219 g/mol. The van der Waals surface area contributed by atoms with E-state index in [0.717, 1.165) is 5.56 Å². The van der Waals surface area contributed by atoms with Crippen molar-refractivity contribution in [3.05, 3.63) is 35.1 Å². The first-order valence-corrected chi connectivity index (χ1v) is 5.69. The number of hydrogen-bond donors (Lipinski definition) is 2. The molecule has 3 N–H and O–H groups in total. The van der Waals surface area contributed by atoms with Gasteiger partial charge in [0.15, 0.2) is 0 Å². The number of benzene rings is 1. The molecule has 0 spiro atoms. The van der Waals surface area contributed by atoms with Gasteiger partial charge in [0.05, 0.1) is 6.04 Å². The Balaban J connectivity index is 2.72. The summed E-state index contributed by atoms with van der Waals surface area (Å²) in [6.45, 7) is 6.00. The first-order chi connectivity index (χ1) is 7.91. The van der Waals surface area contributed by atoms with Crippen LogP contribution in [0.15, 0.2) is 18.2 Å². The number of rotatable bonds is 5. The number of nitrogens with one attached hydrogen (secondary N) is 1. The van der Waals surface area contributed by atoms with Gasteiger partial charge in [-0.2, -0.15) is 0 Å². The quantitative estimate of drug-likeness (QED) is 0.821. The fraction of sp³-hybridized carbons (Fsp3) is 0.462. The van der Waals surface area contributed by atoms with Crippen LogP contribution in [-0.4, -0.2) is 11.9 Å².